The monoisotopic (exact) mass is 247 g/mol. The number of aromatic nitrogens is 1. The van der Waals surface area contributed by atoms with E-state index in [9.17, 15) is 4.79 Å². The van der Waals surface area contributed by atoms with Crippen molar-refractivity contribution in [2.45, 2.75) is 45.2 Å². The molecule has 98 valence electrons. The number of hydrogen-bond acceptors (Lipinski definition) is 3. The molecule has 1 aromatic rings. The lowest BCUT2D eigenvalue weighted by molar-refractivity contribution is -0.120. The summed E-state index contributed by atoms with van der Waals surface area (Å²) in [6.45, 7) is 2.97. The van der Waals surface area contributed by atoms with E-state index in [0.29, 0.717) is 19.1 Å². The van der Waals surface area contributed by atoms with Crippen molar-refractivity contribution >= 4 is 5.91 Å². The zero-order valence-electron chi connectivity index (χ0n) is 10.9. The molecule has 0 aromatic carbocycles. The highest BCUT2D eigenvalue weighted by Gasteiger charge is 2.16. The molecule has 0 radical (unpaired) electrons. The molecule has 2 rings (SSSR count). The molecule has 1 heterocycles. The SMILES string of the molecule is Cc1cccc(CNCC(=O)NC2CCCC2)n1. The summed E-state index contributed by atoms with van der Waals surface area (Å²) in [7, 11) is 0. The van der Waals surface area contributed by atoms with E-state index in [1.807, 2.05) is 25.1 Å². The second kappa shape index (κ2) is 6.50. The summed E-state index contributed by atoms with van der Waals surface area (Å²) < 4.78 is 0. The number of carbonyl (C=O) groups excluding carboxylic acids is 1. The fourth-order valence-electron chi connectivity index (χ4n) is 2.35. The Bertz CT molecular complexity index is 400. The van der Waals surface area contributed by atoms with Crippen molar-refractivity contribution in [1.29, 1.82) is 0 Å². The third-order valence-electron chi connectivity index (χ3n) is 3.26. The summed E-state index contributed by atoms with van der Waals surface area (Å²) >= 11 is 0. The maximum atomic E-state index is 11.7. The van der Waals surface area contributed by atoms with Gasteiger partial charge in [-0.25, -0.2) is 0 Å². The zero-order chi connectivity index (χ0) is 12.8. The lowest BCUT2D eigenvalue weighted by atomic mass is 10.2. The summed E-state index contributed by atoms with van der Waals surface area (Å²) in [5.74, 6) is 0.0922. The molecule has 1 fully saturated rings. The summed E-state index contributed by atoms with van der Waals surface area (Å²) in [6.07, 6.45) is 4.74. The topological polar surface area (TPSA) is 54.0 Å². The molecular formula is C14H21N3O. The van der Waals surface area contributed by atoms with E-state index in [0.717, 1.165) is 24.2 Å². The average Bonchev–Trinajstić information content (AvgIpc) is 2.82. The Labute approximate surface area is 108 Å². The summed E-state index contributed by atoms with van der Waals surface area (Å²) in [5.41, 5.74) is 1.98. The van der Waals surface area contributed by atoms with E-state index in [-0.39, 0.29) is 5.91 Å². The molecule has 1 aliphatic rings. The minimum atomic E-state index is 0.0922. The van der Waals surface area contributed by atoms with Crippen molar-refractivity contribution in [2.24, 2.45) is 0 Å². The van der Waals surface area contributed by atoms with Gasteiger partial charge in [0.15, 0.2) is 0 Å². The van der Waals surface area contributed by atoms with Crippen LogP contribution in [-0.2, 0) is 11.3 Å². The third kappa shape index (κ3) is 4.11. The van der Waals surface area contributed by atoms with E-state index >= 15 is 0 Å². The Hall–Kier alpha value is -1.42. The normalized spacial score (nSPS) is 15.8. The summed E-state index contributed by atoms with van der Waals surface area (Å²) in [6, 6.07) is 6.32. The number of rotatable bonds is 5. The average molecular weight is 247 g/mol. The van der Waals surface area contributed by atoms with Crippen molar-refractivity contribution < 1.29 is 4.79 Å². The molecule has 0 spiro atoms. The molecule has 1 aromatic heterocycles. The smallest absolute Gasteiger partial charge is 0.234 e. The Morgan fingerprint density at radius 3 is 2.89 bits per heavy atom. The Kier molecular flexibility index (Phi) is 4.70. The van der Waals surface area contributed by atoms with Gasteiger partial charge < -0.3 is 10.6 Å². The minimum absolute atomic E-state index is 0.0922. The van der Waals surface area contributed by atoms with Crippen LogP contribution in [0.15, 0.2) is 18.2 Å². The second-order valence-electron chi connectivity index (χ2n) is 4.92. The largest absolute Gasteiger partial charge is 0.352 e. The molecule has 0 bridgehead atoms. The zero-order valence-corrected chi connectivity index (χ0v) is 10.9. The molecule has 4 heteroatoms. The van der Waals surface area contributed by atoms with Gasteiger partial charge in [-0.2, -0.15) is 0 Å². The van der Waals surface area contributed by atoms with E-state index in [1.165, 1.54) is 12.8 Å². The van der Waals surface area contributed by atoms with Gasteiger partial charge >= 0.3 is 0 Å². The number of pyridine rings is 1. The van der Waals surface area contributed by atoms with Crippen LogP contribution in [0.3, 0.4) is 0 Å². The van der Waals surface area contributed by atoms with Crippen molar-refractivity contribution in [3.05, 3.63) is 29.6 Å². The molecule has 1 amide bonds. The van der Waals surface area contributed by atoms with Crippen LogP contribution in [0.5, 0.6) is 0 Å². The van der Waals surface area contributed by atoms with Crippen LogP contribution in [0.25, 0.3) is 0 Å². The van der Waals surface area contributed by atoms with Crippen LogP contribution in [0.4, 0.5) is 0 Å². The van der Waals surface area contributed by atoms with Crippen LogP contribution in [-0.4, -0.2) is 23.5 Å². The second-order valence-corrected chi connectivity index (χ2v) is 4.92. The van der Waals surface area contributed by atoms with Crippen molar-refractivity contribution in [2.75, 3.05) is 6.54 Å². The molecular weight excluding hydrogens is 226 g/mol. The van der Waals surface area contributed by atoms with Gasteiger partial charge in [0.1, 0.15) is 0 Å². The van der Waals surface area contributed by atoms with Gasteiger partial charge in [-0.15, -0.1) is 0 Å². The third-order valence-corrected chi connectivity index (χ3v) is 3.26. The predicted molar refractivity (Wildman–Crippen MR) is 71.1 cm³/mol. The molecule has 0 saturated heterocycles. The first-order valence-electron chi connectivity index (χ1n) is 6.66. The van der Waals surface area contributed by atoms with Crippen LogP contribution in [0, 0.1) is 6.92 Å². The Morgan fingerprint density at radius 2 is 2.17 bits per heavy atom. The highest BCUT2D eigenvalue weighted by Crippen LogP contribution is 2.17. The number of nitrogens with zero attached hydrogens (tertiary/aromatic N) is 1. The van der Waals surface area contributed by atoms with Gasteiger partial charge in [-0.1, -0.05) is 18.9 Å². The quantitative estimate of drug-likeness (QED) is 0.830. The molecule has 1 aliphatic carbocycles. The molecule has 1 saturated carbocycles. The minimum Gasteiger partial charge on any atom is -0.352 e. The molecule has 0 atom stereocenters. The van der Waals surface area contributed by atoms with Crippen LogP contribution >= 0.6 is 0 Å². The van der Waals surface area contributed by atoms with Crippen molar-refractivity contribution in [1.82, 2.24) is 15.6 Å². The van der Waals surface area contributed by atoms with Gasteiger partial charge in [0.2, 0.25) is 5.91 Å². The lowest BCUT2D eigenvalue weighted by Crippen LogP contribution is -2.39. The van der Waals surface area contributed by atoms with E-state index in [1.54, 1.807) is 0 Å². The van der Waals surface area contributed by atoms with Crippen LogP contribution < -0.4 is 10.6 Å². The number of nitrogens with one attached hydrogen (secondary N) is 2. The van der Waals surface area contributed by atoms with E-state index in [2.05, 4.69) is 15.6 Å². The van der Waals surface area contributed by atoms with Gasteiger partial charge in [0.25, 0.3) is 0 Å². The molecule has 18 heavy (non-hydrogen) atoms. The maximum Gasteiger partial charge on any atom is 0.234 e. The van der Waals surface area contributed by atoms with E-state index < -0.39 is 0 Å². The summed E-state index contributed by atoms with van der Waals surface area (Å²) in [4.78, 5) is 16.0. The molecule has 0 unspecified atom stereocenters. The van der Waals surface area contributed by atoms with Gasteiger partial charge in [-0.05, 0) is 31.9 Å². The summed E-state index contributed by atoms with van der Waals surface area (Å²) in [5, 5.41) is 6.18. The highest BCUT2D eigenvalue weighted by molar-refractivity contribution is 5.78. The molecule has 0 aliphatic heterocycles. The molecule has 2 N–H and O–H groups in total. The first kappa shape index (κ1) is 13.0. The lowest BCUT2D eigenvalue weighted by Gasteiger charge is -2.12. The number of amides is 1. The number of carbonyl (C=O) groups is 1. The highest BCUT2D eigenvalue weighted by atomic mass is 16.1. The van der Waals surface area contributed by atoms with Crippen LogP contribution in [0.2, 0.25) is 0 Å². The van der Waals surface area contributed by atoms with Gasteiger partial charge in [0.05, 0.1) is 12.2 Å². The Balaban J connectivity index is 1.66. The fourth-order valence-corrected chi connectivity index (χ4v) is 2.35. The molecule has 4 nitrogen and oxygen atoms in total. The van der Waals surface area contributed by atoms with Crippen LogP contribution in [0.1, 0.15) is 37.1 Å². The Morgan fingerprint density at radius 1 is 1.39 bits per heavy atom. The van der Waals surface area contributed by atoms with E-state index in [4.69, 9.17) is 0 Å². The number of hydrogen-bond donors (Lipinski definition) is 2. The first-order chi connectivity index (χ1) is 8.74. The van der Waals surface area contributed by atoms with Crippen molar-refractivity contribution in [3.8, 4) is 0 Å². The van der Waals surface area contributed by atoms with Gasteiger partial charge in [0, 0.05) is 18.3 Å². The van der Waals surface area contributed by atoms with Gasteiger partial charge in [-0.3, -0.25) is 9.78 Å². The van der Waals surface area contributed by atoms with Crippen molar-refractivity contribution in [3.63, 3.8) is 0 Å². The predicted octanol–water partition coefficient (Wildman–Crippen LogP) is 1.54. The standard InChI is InChI=1S/C14H21N3O/c1-11-5-4-8-13(16-11)9-15-10-14(18)17-12-6-2-3-7-12/h4-5,8,12,15H,2-3,6-7,9-10H2,1H3,(H,17,18). The fraction of sp³-hybridized carbons (Fsp3) is 0.571. The first-order valence-corrected chi connectivity index (χ1v) is 6.66. The maximum absolute atomic E-state index is 11.7. The number of aryl methyl sites for hydroxylation is 1.